The van der Waals surface area contributed by atoms with E-state index in [0.717, 1.165) is 13.1 Å². The number of hydrogen-bond acceptors (Lipinski definition) is 4. The Morgan fingerprint density at radius 1 is 1.11 bits per heavy atom. The summed E-state index contributed by atoms with van der Waals surface area (Å²) in [6.07, 6.45) is 0. The lowest BCUT2D eigenvalue weighted by Gasteiger charge is -2.33. The highest BCUT2D eigenvalue weighted by Crippen LogP contribution is 2.10. The van der Waals surface area contributed by atoms with Gasteiger partial charge in [-0.15, -0.1) is 0 Å². The lowest BCUT2D eigenvalue weighted by molar-refractivity contribution is 0.0652. The van der Waals surface area contributed by atoms with Crippen LogP contribution in [0.2, 0.25) is 0 Å². The van der Waals surface area contributed by atoms with E-state index in [1.54, 1.807) is 29.2 Å². The van der Waals surface area contributed by atoms with Gasteiger partial charge < -0.3 is 4.90 Å². The smallest absolute Gasteiger partial charge is 0.253 e. The van der Waals surface area contributed by atoms with Gasteiger partial charge in [-0.2, -0.15) is 10.5 Å². The average Bonchev–Trinajstić information content (AvgIpc) is 2.48. The minimum Gasteiger partial charge on any atom is -0.336 e. The van der Waals surface area contributed by atoms with E-state index < -0.39 is 0 Å². The maximum absolute atomic E-state index is 12.2. The highest BCUT2D eigenvalue weighted by atomic mass is 16.2. The Balaban J connectivity index is 1.97. The van der Waals surface area contributed by atoms with Crippen LogP contribution in [0.15, 0.2) is 24.3 Å². The fraction of sp³-hybridized carbons (Fsp3) is 0.357. The average molecular weight is 254 g/mol. The molecule has 0 unspecified atom stereocenters. The molecule has 19 heavy (non-hydrogen) atoms. The number of carbonyl (C=O) groups excluding carboxylic acids is 1. The number of hydrogen-bond donors (Lipinski definition) is 0. The number of rotatable bonds is 2. The SMILES string of the molecule is N#CCN1CCN(C(=O)c2ccc(C#N)cc2)CC1. The topological polar surface area (TPSA) is 71.1 Å². The first-order chi connectivity index (χ1) is 9.24. The van der Waals surface area contributed by atoms with Crippen LogP contribution in [0.3, 0.4) is 0 Å². The molecule has 96 valence electrons. The lowest BCUT2D eigenvalue weighted by Crippen LogP contribution is -2.48. The van der Waals surface area contributed by atoms with Crippen LogP contribution in [0.5, 0.6) is 0 Å². The summed E-state index contributed by atoms with van der Waals surface area (Å²) >= 11 is 0. The Labute approximate surface area is 112 Å². The van der Waals surface area contributed by atoms with Crippen LogP contribution in [0.25, 0.3) is 0 Å². The predicted molar refractivity (Wildman–Crippen MR) is 69.1 cm³/mol. The fourth-order valence-corrected chi connectivity index (χ4v) is 2.08. The molecule has 0 aliphatic carbocycles. The minimum atomic E-state index is -0.0129. The maximum Gasteiger partial charge on any atom is 0.253 e. The number of nitriles is 2. The summed E-state index contributed by atoms with van der Waals surface area (Å²) in [5, 5.41) is 17.3. The van der Waals surface area contributed by atoms with Gasteiger partial charge in [-0.3, -0.25) is 9.69 Å². The Hall–Kier alpha value is -2.37. The van der Waals surface area contributed by atoms with E-state index in [0.29, 0.717) is 30.8 Å². The summed E-state index contributed by atoms with van der Waals surface area (Å²) < 4.78 is 0. The molecule has 0 atom stereocenters. The van der Waals surface area contributed by atoms with Gasteiger partial charge in [-0.25, -0.2) is 0 Å². The second-order valence-corrected chi connectivity index (χ2v) is 4.42. The molecule has 1 aliphatic rings. The molecule has 5 heteroatoms. The van der Waals surface area contributed by atoms with Gasteiger partial charge >= 0.3 is 0 Å². The molecule has 0 saturated carbocycles. The monoisotopic (exact) mass is 254 g/mol. The van der Waals surface area contributed by atoms with Gasteiger partial charge in [0.1, 0.15) is 0 Å². The highest BCUT2D eigenvalue weighted by Gasteiger charge is 2.21. The second kappa shape index (κ2) is 5.99. The number of nitrogens with zero attached hydrogens (tertiary/aromatic N) is 4. The Bertz CT molecular complexity index is 530. The summed E-state index contributed by atoms with van der Waals surface area (Å²) in [5.41, 5.74) is 1.16. The Morgan fingerprint density at radius 3 is 2.26 bits per heavy atom. The van der Waals surface area contributed by atoms with Crippen molar-refractivity contribution in [3.8, 4) is 12.1 Å². The Morgan fingerprint density at radius 2 is 1.74 bits per heavy atom. The van der Waals surface area contributed by atoms with E-state index in [1.165, 1.54) is 0 Å². The molecule has 1 aromatic carbocycles. The summed E-state index contributed by atoms with van der Waals surface area (Å²) in [6.45, 7) is 3.16. The van der Waals surface area contributed by atoms with Crippen molar-refractivity contribution >= 4 is 5.91 Å². The number of amides is 1. The molecule has 0 radical (unpaired) electrons. The van der Waals surface area contributed by atoms with Gasteiger partial charge in [-0.05, 0) is 24.3 Å². The van der Waals surface area contributed by atoms with Crippen LogP contribution >= 0.6 is 0 Å². The molecule has 0 aromatic heterocycles. The molecule has 0 N–H and O–H groups in total. The van der Waals surface area contributed by atoms with E-state index in [-0.39, 0.29) is 5.91 Å². The van der Waals surface area contributed by atoms with Crippen LogP contribution in [0.4, 0.5) is 0 Å². The zero-order valence-corrected chi connectivity index (χ0v) is 10.5. The lowest BCUT2D eigenvalue weighted by atomic mass is 10.1. The summed E-state index contributed by atoms with van der Waals surface area (Å²) in [5.74, 6) is -0.0129. The van der Waals surface area contributed by atoms with Gasteiger partial charge in [0.2, 0.25) is 0 Å². The van der Waals surface area contributed by atoms with Crippen molar-refractivity contribution in [3.63, 3.8) is 0 Å². The second-order valence-electron chi connectivity index (χ2n) is 4.42. The van der Waals surface area contributed by atoms with Gasteiger partial charge in [-0.1, -0.05) is 0 Å². The van der Waals surface area contributed by atoms with E-state index in [2.05, 4.69) is 6.07 Å². The van der Waals surface area contributed by atoms with Crippen molar-refractivity contribution in [2.45, 2.75) is 0 Å². The summed E-state index contributed by atoms with van der Waals surface area (Å²) in [4.78, 5) is 16.0. The normalized spacial score (nSPS) is 15.6. The molecule has 1 amide bonds. The zero-order chi connectivity index (χ0) is 13.7. The third kappa shape index (κ3) is 3.09. The molecule has 1 saturated heterocycles. The largest absolute Gasteiger partial charge is 0.336 e. The van der Waals surface area contributed by atoms with Gasteiger partial charge in [0.25, 0.3) is 5.91 Å². The van der Waals surface area contributed by atoms with Crippen molar-refractivity contribution in [1.82, 2.24) is 9.80 Å². The van der Waals surface area contributed by atoms with Crippen LogP contribution in [0, 0.1) is 22.7 Å². The van der Waals surface area contributed by atoms with Crippen molar-refractivity contribution in [2.75, 3.05) is 32.7 Å². The first kappa shape index (κ1) is 13.1. The summed E-state index contributed by atoms with van der Waals surface area (Å²) in [7, 11) is 0. The van der Waals surface area contributed by atoms with E-state index in [9.17, 15) is 4.79 Å². The molecule has 2 rings (SSSR count). The van der Waals surface area contributed by atoms with Crippen LogP contribution in [0.1, 0.15) is 15.9 Å². The van der Waals surface area contributed by atoms with Gasteiger partial charge in [0, 0.05) is 31.7 Å². The quantitative estimate of drug-likeness (QED) is 0.733. The van der Waals surface area contributed by atoms with E-state index in [1.807, 2.05) is 11.0 Å². The first-order valence-electron chi connectivity index (χ1n) is 6.13. The predicted octanol–water partition coefficient (Wildman–Crippen LogP) is 0.840. The van der Waals surface area contributed by atoms with Crippen molar-refractivity contribution in [1.29, 1.82) is 10.5 Å². The fourth-order valence-electron chi connectivity index (χ4n) is 2.08. The van der Waals surface area contributed by atoms with E-state index in [4.69, 9.17) is 10.5 Å². The Kier molecular flexibility index (Phi) is 4.12. The van der Waals surface area contributed by atoms with Crippen LogP contribution in [-0.4, -0.2) is 48.4 Å². The molecule has 1 aromatic rings. The third-order valence-corrected chi connectivity index (χ3v) is 3.21. The van der Waals surface area contributed by atoms with Crippen molar-refractivity contribution < 1.29 is 4.79 Å². The van der Waals surface area contributed by atoms with Crippen LogP contribution in [-0.2, 0) is 0 Å². The molecule has 1 fully saturated rings. The van der Waals surface area contributed by atoms with Crippen molar-refractivity contribution in [2.24, 2.45) is 0 Å². The molecule has 1 heterocycles. The molecular weight excluding hydrogens is 240 g/mol. The highest BCUT2D eigenvalue weighted by molar-refractivity contribution is 5.94. The summed E-state index contributed by atoms with van der Waals surface area (Å²) in [6, 6.07) is 10.8. The van der Waals surface area contributed by atoms with E-state index >= 15 is 0 Å². The van der Waals surface area contributed by atoms with Crippen LogP contribution < -0.4 is 0 Å². The molecular formula is C14H14N4O. The van der Waals surface area contributed by atoms with Gasteiger partial charge in [0.05, 0.1) is 24.2 Å². The zero-order valence-electron chi connectivity index (χ0n) is 10.5. The third-order valence-electron chi connectivity index (χ3n) is 3.21. The molecule has 1 aliphatic heterocycles. The van der Waals surface area contributed by atoms with Crippen molar-refractivity contribution in [3.05, 3.63) is 35.4 Å². The maximum atomic E-state index is 12.2. The first-order valence-corrected chi connectivity index (χ1v) is 6.13. The molecule has 0 bridgehead atoms. The number of piperazine rings is 1. The standard InChI is InChI=1S/C14H14N4O/c15-5-6-17-7-9-18(10-8-17)14(19)13-3-1-12(11-16)2-4-13/h1-4H,6-10H2. The number of benzene rings is 1. The molecule has 5 nitrogen and oxygen atoms in total. The number of carbonyl (C=O) groups is 1. The van der Waals surface area contributed by atoms with Gasteiger partial charge in [0.15, 0.2) is 0 Å². The minimum absolute atomic E-state index is 0.0129. The molecule has 0 spiro atoms.